The van der Waals surface area contributed by atoms with Crippen molar-refractivity contribution in [3.63, 3.8) is 0 Å². The zero-order chi connectivity index (χ0) is 27.4. The molecule has 0 atom stereocenters. The van der Waals surface area contributed by atoms with E-state index in [-0.39, 0.29) is 40.3 Å². The van der Waals surface area contributed by atoms with Crippen LogP contribution in [0, 0.1) is 17.6 Å². The van der Waals surface area contributed by atoms with Crippen molar-refractivity contribution >= 4 is 27.5 Å². The number of aryl methyl sites for hydroxylation is 1. The van der Waals surface area contributed by atoms with E-state index < -0.39 is 11.6 Å². The molecule has 202 valence electrons. The Kier molecular flexibility index (Phi) is 8.44. The van der Waals surface area contributed by atoms with E-state index in [0.29, 0.717) is 47.1 Å². The number of phenols is 1. The highest BCUT2D eigenvalue weighted by atomic mass is 19.1. The van der Waals surface area contributed by atoms with E-state index >= 15 is 4.39 Å². The highest BCUT2D eigenvalue weighted by molar-refractivity contribution is 6.03. The van der Waals surface area contributed by atoms with E-state index in [1.807, 2.05) is 13.8 Å². The Balaban J connectivity index is 2.08. The van der Waals surface area contributed by atoms with Gasteiger partial charge in [-0.25, -0.2) is 13.8 Å². The normalized spacial score (nSPS) is 11.5. The topological polar surface area (TPSA) is 89.4 Å². The van der Waals surface area contributed by atoms with Crippen LogP contribution in [0.1, 0.15) is 52.5 Å². The molecule has 4 rings (SSSR count). The first-order valence-electron chi connectivity index (χ1n) is 13.1. The van der Waals surface area contributed by atoms with Crippen LogP contribution in [0.25, 0.3) is 32.9 Å². The molecule has 38 heavy (non-hydrogen) atoms. The lowest BCUT2D eigenvalue weighted by Gasteiger charge is -2.19. The van der Waals surface area contributed by atoms with Crippen LogP contribution >= 0.6 is 0 Å². The van der Waals surface area contributed by atoms with E-state index in [2.05, 4.69) is 34.1 Å². The van der Waals surface area contributed by atoms with E-state index in [1.165, 1.54) is 25.3 Å². The molecular weight excluding hydrogens is 490 g/mol. The summed E-state index contributed by atoms with van der Waals surface area (Å²) >= 11 is 0. The number of aromatic hydroxyl groups is 1. The molecular formula is C29H34F2N4O3. The summed E-state index contributed by atoms with van der Waals surface area (Å²) in [6, 6.07) is 5.83. The van der Waals surface area contributed by atoms with Crippen molar-refractivity contribution in [2.24, 2.45) is 5.92 Å². The maximum atomic E-state index is 16.4. The van der Waals surface area contributed by atoms with Gasteiger partial charge in [-0.3, -0.25) is 0 Å². The molecule has 2 aromatic carbocycles. The van der Waals surface area contributed by atoms with E-state index in [1.54, 1.807) is 6.07 Å². The average Bonchev–Trinajstić information content (AvgIpc) is 2.92. The van der Waals surface area contributed by atoms with Crippen LogP contribution in [0.15, 0.2) is 24.3 Å². The van der Waals surface area contributed by atoms with Crippen LogP contribution in [-0.2, 0) is 6.42 Å². The van der Waals surface area contributed by atoms with Crippen LogP contribution in [0.4, 0.5) is 14.6 Å². The van der Waals surface area contributed by atoms with Gasteiger partial charge in [0.2, 0.25) is 5.88 Å². The van der Waals surface area contributed by atoms with Gasteiger partial charge in [0.05, 0.1) is 13.7 Å². The monoisotopic (exact) mass is 524 g/mol. The number of halogens is 2. The molecule has 0 bridgehead atoms. The Morgan fingerprint density at radius 1 is 1.00 bits per heavy atom. The summed E-state index contributed by atoms with van der Waals surface area (Å²) in [5.41, 5.74) is 0.527. The maximum absolute atomic E-state index is 16.4. The third-order valence-electron chi connectivity index (χ3n) is 6.83. The number of fused-ring (bicyclic) bond motifs is 2. The number of nitrogens with zero attached hydrogens (tertiary/aromatic N) is 3. The second-order valence-electron chi connectivity index (χ2n) is 9.25. The summed E-state index contributed by atoms with van der Waals surface area (Å²) in [5.74, 6) is -0.453. The number of hydrogen-bond acceptors (Lipinski definition) is 7. The van der Waals surface area contributed by atoms with E-state index in [4.69, 9.17) is 9.47 Å². The van der Waals surface area contributed by atoms with Crippen molar-refractivity contribution in [2.45, 2.75) is 53.4 Å². The molecule has 0 aliphatic carbocycles. The van der Waals surface area contributed by atoms with Crippen molar-refractivity contribution in [2.75, 3.05) is 25.6 Å². The molecule has 0 saturated carbocycles. The Bertz CT molecular complexity index is 1460. The molecule has 2 heterocycles. The molecule has 0 unspecified atom stereocenters. The molecule has 0 saturated heterocycles. The van der Waals surface area contributed by atoms with Gasteiger partial charge in [0.25, 0.3) is 0 Å². The molecule has 2 N–H and O–H groups in total. The first kappa shape index (κ1) is 27.3. The lowest BCUT2D eigenvalue weighted by Crippen LogP contribution is -2.13. The minimum Gasteiger partial charge on any atom is -0.508 e. The number of methoxy groups -OCH3 is 1. The summed E-state index contributed by atoms with van der Waals surface area (Å²) in [6.45, 7) is 8.96. The lowest BCUT2D eigenvalue weighted by atomic mass is 9.94. The zero-order valence-electron chi connectivity index (χ0n) is 22.5. The number of ether oxygens (including phenoxy) is 2. The zero-order valence-corrected chi connectivity index (χ0v) is 22.5. The fraction of sp³-hybridized carbons (Fsp3) is 0.414. The van der Waals surface area contributed by atoms with Gasteiger partial charge < -0.3 is 19.9 Å². The third-order valence-corrected chi connectivity index (χ3v) is 6.83. The Labute approximate surface area is 221 Å². The Hall–Kier alpha value is -3.75. The van der Waals surface area contributed by atoms with Gasteiger partial charge in [0, 0.05) is 12.1 Å². The van der Waals surface area contributed by atoms with Gasteiger partial charge in [-0.05, 0) is 53.3 Å². The van der Waals surface area contributed by atoms with Crippen LogP contribution in [-0.4, -0.2) is 40.3 Å². The molecule has 0 aliphatic rings. The first-order valence-corrected chi connectivity index (χ1v) is 13.1. The fourth-order valence-electron chi connectivity index (χ4n) is 4.62. The summed E-state index contributed by atoms with van der Waals surface area (Å²) in [7, 11) is 1.41. The van der Waals surface area contributed by atoms with Crippen molar-refractivity contribution in [1.82, 2.24) is 15.0 Å². The Morgan fingerprint density at radius 2 is 1.76 bits per heavy atom. The smallest absolute Gasteiger partial charge is 0.318 e. The second-order valence-corrected chi connectivity index (χ2v) is 9.25. The quantitative estimate of drug-likeness (QED) is 0.218. The number of nitrogens with one attached hydrogen (secondary N) is 1. The van der Waals surface area contributed by atoms with Crippen molar-refractivity contribution in [3.05, 3.63) is 41.5 Å². The minimum atomic E-state index is -0.742. The van der Waals surface area contributed by atoms with Crippen molar-refractivity contribution < 1.29 is 23.4 Å². The molecule has 2 aromatic heterocycles. The van der Waals surface area contributed by atoms with Gasteiger partial charge in [-0.15, -0.1) is 0 Å². The van der Waals surface area contributed by atoms with Gasteiger partial charge in [0.1, 0.15) is 34.0 Å². The molecule has 0 amide bonds. The summed E-state index contributed by atoms with van der Waals surface area (Å²) in [6.07, 6.45) is 3.00. The number of rotatable bonds is 11. The molecule has 0 fully saturated rings. The van der Waals surface area contributed by atoms with E-state index in [9.17, 15) is 9.50 Å². The summed E-state index contributed by atoms with van der Waals surface area (Å²) in [5, 5.41) is 15.1. The predicted octanol–water partition coefficient (Wildman–Crippen LogP) is 7.04. The first-order chi connectivity index (χ1) is 18.4. The standard InChI is InChI=1S/C29H34F2N4O3/c1-6-12-32-27-23-26(34-29(35-27)37-5)24(31)25(33-28(23)38-15-16(7-2)8-3)20-14-18(36)13-17-10-11-21(30)19(9-4)22(17)20/h10-11,13-14,16,36H,6-9,12,15H2,1-5H3,(H,32,34,35). The van der Waals surface area contributed by atoms with Crippen LogP contribution in [0.5, 0.6) is 17.6 Å². The minimum absolute atomic E-state index is 0.0147. The van der Waals surface area contributed by atoms with Gasteiger partial charge in [-0.2, -0.15) is 9.97 Å². The molecule has 7 nitrogen and oxygen atoms in total. The maximum Gasteiger partial charge on any atom is 0.318 e. The largest absolute Gasteiger partial charge is 0.508 e. The summed E-state index contributed by atoms with van der Waals surface area (Å²) in [4.78, 5) is 13.4. The van der Waals surface area contributed by atoms with Crippen LogP contribution < -0.4 is 14.8 Å². The highest BCUT2D eigenvalue weighted by Gasteiger charge is 2.25. The van der Waals surface area contributed by atoms with Crippen LogP contribution in [0.3, 0.4) is 0 Å². The SMILES string of the molecule is CCCNc1nc(OC)nc2c(F)c(-c3cc(O)cc4ccc(F)c(CC)c34)nc(OCC(CC)CC)c12. The van der Waals surface area contributed by atoms with Crippen LogP contribution in [0.2, 0.25) is 0 Å². The molecule has 9 heteroatoms. The predicted molar refractivity (Wildman–Crippen MR) is 146 cm³/mol. The lowest BCUT2D eigenvalue weighted by molar-refractivity contribution is 0.235. The van der Waals surface area contributed by atoms with Gasteiger partial charge in [0.15, 0.2) is 5.82 Å². The number of aromatic nitrogens is 3. The molecule has 0 radical (unpaired) electrons. The second kappa shape index (κ2) is 11.8. The van der Waals surface area contributed by atoms with Crippen molar-refractivity contribution in [3.8, 4) is 28.9 Å². The number of anilines is 1. The molecule has 0 aliphatic heterocycles. The average molecular weight is 525 g/mol. The molecule has 4 aromatic rings. The summed E-state index contributed by atoms with van der Waals surface area (Å²) < 4.78 is 42.8. The number of benzene rings is 2. The highest BCUT2D eigenvalue weighted by Crippen LogP contribution is 2.41. The molecule has 0 spiro atoms. The number of hydrogen-bond donors (Lipinski definition) is 2. The van der Waals surface area contributed by atoms with Crippen molar-refractivity contribution in [1.29, 1.82) is 0 Å². The van der Waals surface area contributed by atoms with E-state index in [0.717, 1.165) is 19.3 Å². The number of pyridine rings is 1. The van der Waals surface area contributed by atoms with Gasteiger partial charge >= 0.3 is 6.01 Å². The van der Waals surface area contributed by atoms with Gasteiger partial charge in [-0.1, -0.05) is 46.6 Å². The third kappa shape index (κ3) is 5.14. The number of phenolic OH excluding ortho intramolecular Hbond substituents is 1. The fourth-order valence-corrected chi connectivity index (χ4v) is 4.62. The Morgan fingerprint density at radius 3 is 2.42 bits per heavy atom.